The zero-order valence-electron chi connectivity index (χ0n) is 3.25. The summed E-state index contributed by atoms with van der Waals surface area (Å²) >= 11 is 0. The molecule has 0 aliphatic carbocycles. The Kier molecular flexibility index (Phi) is 0.340. The van der Waals surface area contributed by atoms with Crippen molar-refractivity contribution in [1.29, 1.82) is 5.26 Å². The molecular weight excluding hydrogens is 96.8 g/mol. The van der Waals surface area contributed by atoms with Crippen molar-refractivity contribution in [3.63, 3.8) is 0 Å². The Morgan fingerprint density at radius 1 is 1.43 bits per heavy atom. The minimum Gasteiger partial charge on any atom is -0.323 e. The highest BCUT2D eigenvalue weighted by Gasteiger charge is 2.70. The number of nitriles is 1. The Bertz CT molecular complexity index is 134. The molecule has 2 bridgehead atoms. The van der Waals surface area contributed by atoms with E-state index in [9.17, 15) is 0 Å². The summed E-state index contributed by atoms with van der Waals surface area (Å²) in [6.45, 7) is 0. The molecular formula is C2BNO3. The zero-order valence-corrected chi connectivity index (χ0v) is 3.25. The number of hydrogen-bond acceptors (Lipinski definition) is 4. The molecule has 3 aliphatic heterocycles. The van der Waals surface area contributed by atoms with Gasteiger partial charge in [-0.05, 0) is 0 Å². The topological polar surface area (TPSA) is 51.5 Å². The molecule has 0 N–H and O–H groups in total. The van der Waals surface area contributed by atoms with Crippen LogP contribution in [-0.4, -0.2) is 13.3 Å². The van der Waals surface area contributed by atoms with Crippen LogP contribution in [0.25, 0.3) is 0 Å². The van der Waals surface area contributed by atoms with Crippen LogP contribution in [0.15, 0.2) is 0 Å². The van der Waals surface area contributed by atoms with Crippen molar-refractivity contribution in [2.75, 3.05) is 0 Å². The summed E-state index contributed by atoms with van der Waals surface area (Å²) in [5.74, 6) is -1.29. The van der Waals surface area contributed by atoms with E-state index in [1.807, 2.05) is 0 Å². The molecule has 4 nitrogen and oxygen atoms in total. The third-order valence-corrected chi connectivity index (χ3v) is 0.891. The van der Waals surface area contributed by atoms with Gasteiger partial charge in [-0.2, -0.15) is 5.26 Å². The number of rotatable bonds is 0. The van der Waals surface area contributed by atoms with Gasteiger partial charge in [-0.15, -0.1) is 0 Å². The lowest BCUT2D eigenvalue weighted by Crippen LogP contribution is -2.74. The predicted molar refractivity (Wildman–Crippen MR) is 17.4 cm³/mol. The fourth-order valence-corrected chi connectivity index (χ4v) is 0.486. The monoisotopic (exact) mass is 97.0 g/mol. The quantitative estimate of drug-likeness (QED) is 0.372. The maximum Gasteiger partial charge on any atom is 0.653 e. The van der Waals surface area contributed by atoms with Gasteiger partial charge in [0.25, 0.3) is 0 Å². The van der Waals surface area contributed by atoms with Crippen LogP contribution >= 0.6 is 0 Å². The Balaban J connectivity index is 2.20. The van der Waals surface area contributed by atoms with Crippen LogP contribution in [0.2, 0.25) is 0 Å². The molecule has 3 rings (SSSR count). The third-order valence-electron chi connectivity index (χ3n) is 0.891. The maximum absolute atomic E-state index is 8.06. The highest BCUT2D eigenvalue weighted by Crippen LogP contribution is 2.40. The van der Waals surface area contributed by atoms with Crippen molar-refractivity contribution in [3.8, 4) is 6.07 Å². The first kappa shape index (κ1) is 3.44. The predicted octanol–water partition coefficient (Wildman–Crippen LogP) is -0.774. The summed E-state index contributed by atoms with van der Waals surface area (Å²) in [6, 6.07) is 1.68. The Morgan fingerprint density at radius 2 is 2.00 bits per heavy atom. The lowest BCUT2D eigenvalue weighted by molar-refractivity contribution is -0.426. The number of nitrogens with zero attached hydrogens (tertiary/aromatic N) is 1. The Labute approximate surface area is 39.8 Å². The normalized spacial score (nSPS) is 29.9. The molecule has 0 atom stereocenters. The molecule has 3 aliphatic rings. The van der Waals surface area contributed by atoms with Crippen LogP contribution in [0.3, 0.4) is 0 Å². The van der Waals surface area contributed by atoms with Gasteiger partial charge in [-0.3, -0.25) is 0 Å². The van der Waals surface area contributed by atoms with E-state index in [-0.39, 0.29) is 0 Å². The van der Waals surface area contributed by atoms with Gasteiger partial charge in [-0.25, -0.2) is 0 Å². The van der Waals surface area contributed by atoms with Gasteiger partial charge in [-0.1, -0.05) is 0 Å². The van der Waals surface area contributed by atoms with Gasteiger partial charge in [0.2, 0.25) is 0 Å². The summed E-state index contributed by atoms with van der Waals surface area (Å²) in [5.41, 5.74) is 0. The van der Waals surface area contributed by atoms with Crippen LogP contribution in [0.1, 0.15) is 0 Å². The first-order valence-corrected chi connectivity index (χ1v) is 1.79. The zero-order chi connectivity index (χ0) is 4.91. The van der Waals surface area contributed by atoms with Crippen molar-refractivity contribution in [2.24, 2.45) is 0 Å². The fraction of sp³-hybridized carbons (Fsp3) is 0.500. The summed E-state index contributed by atoms with van der Waals surface area (Å²) in [7, 11) is -0.542. The maximum atomic E-state index is 8.06. The molecule has 0 unspecified atom stereocenters. The van der Waals surface area contributed by atoms with E-state index in [0.29, 0.717) is 0 Å². The van der Waals surface area contributed by atoms with Gasteiger partial charge in [0.1, 0.15) is 0 Å². The molecule has 3 saturated heterocycles. The Hall–Kier alpha value is -0.565. The average Bonchev–Trinajstić information content (AvgIpc) is 1.25. The second kappa shape index (κ2) is 0.691. The highest BCUT2D eigenvalue weighted by atomic mass is 17.1. The molecule has 0 aromatic rings. The molecule has 3 fully saturated rings. The molecule has 3 heterocycles. The summed E-state index contributed by atoms with van der Waals surface area (Å²) in [5, 5.41) is 8.06. The minimum absolute atomic E-state index is 0.542. The van der Waals surface area contributed by atoms with Gasteiger partial charge < -0.3 is 14.0 Å². The molecule has 7 heavy (non-hydrogen) atoms. The van der Waals surface area contributed by atoms with Crippen LogP contribution < -0.4 is 0 Å². The fourth-order valence-electron chi connectivity index (χ4n) is 0.486. The van der Waals surface area contributed by atoms with Gasteiger partial charge in [0.15, 0.2) is 6.07 Å². The van der Waals surface area contributed by atoms with E-state index in [0.717, 1.165) is 0 Å². The first-order chi connectivity index (χ1) is 3.35. The second-order valence-corrected chi connectivity index (χ2v) is 1.31. The van der Waals surface area contributed by atoms with E-state index >= 15 is 0 Å². The number of hydrogen-bond donors (Lipinski definition) is 0. The van der Waals surface area contributed by atoms with Crippen molar-refractivity contribution in [2.45, 2.75) is 5.97 Å². The molecule has 0 aromatic carbocycles. The molecule has 0 aromatic heterocycles. The third kappa shape index (κ3) is 0.211. The molecule has 34 valence electrons. The smallest absolute Gasteiger partial charge is 0.323 e. The van der Waals surface area contributed by atoms with E-state index in [1.165, 1.54) is 0 Å². The van der Waals surface area contributed by atoms with Crippen LogP contribution in [0.4, 0.5) is 0 Å². The summed E-state index contributed by atoms with van der Waals surface area (Å²) < 4.78 is 13.7. The van der Waals surface area contributed by atoms with Gasteiger partial charge >= 0.3 is 13.3 Å². The van der Waals surface area contributed by atoms with Crippen molar-refractivity contribution in [1.82, 2.24) is 0 Å². The average molecular weight is 96.8 g/mol. The minimum atomic E-state index is -1.29. The molecule has 0 saturated carbocycles. The van der Waals surface area contributed by atoms with E-state index in [2.05, 4.69) is 14.0 Å². The van der Waals surface area contributed by atoms with Crippen LogP contribution in [0, 0.1) is 11.3 Å². The van der Waals surface area contributed by atoms with E-state index < -0.39 is 13.3 Å². The van der Waals surface area contributed by atoms with Crippen molar-refractivity contribution >= 4 is 7.32 Å². The van der Waals surface area contributed by atoms with E-state index in [1.54, 1.807) is 6.07 Å². The lowest BCUT2D eigenvalue weighted by Gasteiger charge is -2.50. The summed E-state index contributed by atoms with van der Waals surface area (Å²) in [6.07, 6.45) is 0. The van der Waals surface area contributed by atoms with Gasteiger partial charge in [0.05, 0.1) is 0 Å². The largest absolute Gasteiger partial charge is 0.653 e. The first-order valence-electron chi connectivity index (χ1n) is 1.79. The lowest BCUT2D eigenvalue weighted by atomic mass is 10.0. The summed E-state index contributed by atoms with van der Waals surface area (Å²) in [4.78, 5) is 0. The highest BCUT2D eigenvalue weighted by molar-refractivity contribution is 6.43. The molecule has 0 spiro atoms. The van der Waals surface area contributed by atoms with E-state index in [4.69, 9.17) is 5.26 Å². The van der Waals surface area contributed by atoms with Crippen LogP contribution in [-0.2, 0) is 14.0 Å². The van der Waals surface area contributed by atoms with Crippen molar-refractivity contribution in [3.05, 3.63) is 0 Å². The van der Waals surface area contributed by atoms with Crippen molar-refractivity contribution < 1.29 is 14.0 Å². The van der Waals surface area contributed by atoms with Gasteiger partial charge in [0, 0.05) is 0 Å². The second-order valence-electron chi connectivity index (χ2n) is 1.31. The molecule has 5 heteroatoms. The SMILES string of the molecule is N#CC12OB(O1)O2. The molecule has 0 amide bonds. The molecule has 0 radical (unpaired) electrons. The Morgan fingerprint density at radius 3 is 2.00 bits per heavy atom. The van der Waals surface area contributed by atoms with Crippen LogP contribution in [0.5, 0.6) is 0 Å². The standard InChI is InChI=1S/C2BNO3/c4-1-2-5-3(6-2)7-2.